The van der Waals surface area contributed by atoms with E-state index in [9.17, 15) is 19.2 Å². The Kier molecular flexibility index (Phi) is 12.3. The van der Waals surface area contributed by atoms with Gasteiger partial charge in [0.05, 0.1) is 22.4 Å². The number of benzene rings is 4. The van der Waals surface area contributed by atoms with Crippen LogP contribution in [0, 0.1) is 0 Å². The zero-order chi connectivity index (χ0) is 34.8. The Bertz CT molecular complexity index is 2020. The third-order valence-electron chi connectivity index (χ3n) is 6.88. The predicted molar refractivity (Wildman–Crippen MR) is 198 cm³/mol. The van der Waals surface area contributed by atoms with E-state index in [2.05, 4.69) is 16.0 Å². The number of anilines is 2. The first-order valence-electron chi connectivity index (χ1n) is 14.9. The van der Waals surface area contributed by atoms with Crippen molar-refractivity contribution in [3.63, 3.8) is 0 Å². The number of ether oxygens (including phenoxy) is 1. The molecule has 5 aromatic rings. The summed E-state index contributed by atoms with van der Waals surface area (Å²) in [5.74, 6) is -1.88. The second-order valence-electron chi connectivity index (χ2n) is 10.3. The van der Waals surface area contributed by atoms with Gasteiger partial charge in [-0.15, -0.1) is 23.1 Å². The normalized spacial score (nSPS) is 11.0. The lowest BCUT2D eigenvalue weighted by Gasteiger charge is -2.13. The van der Waals surface area contributed by atoms with Crippen LogP contribution in [0.5, 0.6) is 0 Å². The van der Waals surface area contributed by atoms with Gasteiger partial charge in [0, 0.05) is 27.1 Å². The van der Waals surface area contributed by atoms with Crippen LogP contribution in [0.1, 0.15) is 33.2 Å². The highest BCUT2D eigenvalue weighted by molar-refractivity contribution is 8.00. The number of halogens is 2. The molecule has 0 aliphatic heterocycles. The van der Waals surface area contributed by atoms with Gasteiger partial charge in [0.1, 0.15) is 16.3 Å². The van der Waals surface area contributed by atoms with Crippen LogP contribution < -0.4 is 16.0 Å². The molecule has 0 fully saturated rings. The number of thiophene rings is 1. The fraction of sp³-hybridized carbons (Fsp3) is 0.0811. The fourth-order valence-corrected chi connectivity index (χ4v) is 6.68. The molecular weight excluding hydrogens is 701 g/mol. The van der Waals surface area contributed by atoms with Crippen molar-refractivity contribution in [1.29, 1.82) is 0 Å². The summed E-state index contributed by atoms with van der Waals surface area (Å²) in [6.07, 6.45) is 1.45. The second kappa shape index (κ2) is 17.0. The van der Waals surface area contributed by atoms with E-state index in [0.29, 0.717) is 42.9 Å². The molecule has 49 heavy (non-hydrogen) atoms. The summed E-state index contributed by atoms with van der Waals surface area (Å²) >= 11 is 15.1. The molecule has 0 unspecified atom stereocenters. The number of carbonyl (C=O) groups is 4. The van der Waals surface area contributed by atoms with Gasteiger partial charge in [0.15, 0.2) is 0 Å². The highest BCUT2D eigenvalue weighted by Crippen LogP contribution is 2.36. The summed E-state index contributed by atoms with van der Waals surface area (Å²) in [6, 6.07) is 29.8. The van der Waals surface area contributed by atoms with E-state index in [1.54, 1.807) is 79.7 Å². The topological polar surface area (TPSA) is 114 Å². The monoisotopic (exact) mass is 729 g/mol. The fourth-order valence-electron chi connectivity index (χ4n) is 4.59. The number of nitrogens with one attached hydrogen (secondary N) is 3. The molecule has 4 aromatic carbocycles. The van der Waals surface area contributed by atoms with Crippen LogP contribution in [-0.2, 0) is 14.3 Å². The third kappa shape index (κ3) is 9.39. The largest absolute Gasteiger partial charge is 0.462 e. The van der Waals surface area contributed by atoms with E-state index >= 15 is 0 Å². The predicted octanol–water partition coefficient (Wildman–Crippen LogP) is 9.04. The molecule has 0 spiro atoms. The zero-order valence-electron chi connectivity index (χ0n) is 26.0. The van der Waals surface area contributed by atoms with E-state index in [-0.39, 0.29) is 29.0 Å². The molecule has 0 atom stereocenters. The number of hydrogen-bond donors (Lipinski definition) is 3. The molecule has 12 heteroatoms. The summed E-state index contributed by atoms with van der Waals surface area (Å²) in [7, 11) is 0. The van der Waals surface area contributed by atoms with Gasteiger partial charge in [0.25, 0.3) is 11.8 Å². The van der Waals surface area contributed by atoms with E-state index in [4.69, 9.17) is 27.9 Å². The Morgan fingerprint density at radius 1 is 0.857 bits per heavy atom. The van der Waals surface area contributed by atoms with Gasteiger partial charge in [-0.3, -0.25) is 14.4 Å². The highest BCUT2D eigenvalue weighted by Gasteiger charge is 2.23. The van der Waals surface area contributed by atoms with Crippen molar-refractivity contribution in [2.45, 2.75) is 11.8 Å². The Hall–Kier alpha value is -4.87. The average molecular weight is 731 g/mol. The molecule has 0 aliphatic carbocycles. The number of thioether (sulfide) groups is 1. The minimum atomic E-state index is -0.598. The number of rotatable bonds is 12. The van der Waals surface area contributed by atoms with Crippen LogP contribution in [0.3, 0.4) is 0 Å². The van der Waals surface area contributed by atoms with E-state index in [0.717, 1.165) is 5.56 Å². The van der Waals surface area contributed by atoms with E-state index < -0.39 is 17.8 Å². The van der Waals surface area contributed by atoms with E-state index in [1.807, 2.05) is 35.7 Å². The van der Waals surface area contributed by atoms with Gasteiger partial charge < -0.3 is 20.7 Å². The number of hydrogen-bond acceptors (Lipinski definition) is 7. The molecule has 5 rings (SSSR count). The van der Waals surface area contributed by atoms with Gasteiger partial charge in [0.2, 0.25) is 5.91 Å². The van der Waals surface area contributed by atoms with Crippen molar-refractivity contribution in [2.75, 3.05) is 23.0 Å². The first-order chi connectivity index (χ1) is 23.7. The molecule has 1 heterocycles. The molecule has 0 saturated heterocycles. The molecule has 3 N–H and O–H groups in total. The number of esters is 1. The summed E-state index contributed by atoms with van der Waals surface area (Å²) in [4.78, 5) is 53.1. The Labute approximate surface area is 301 Å². The van der Waals surface area contributed by atoms with Crippen molar-refractivity contribution in [3.8, 4) is 11.1 Å². The Balaban J connectivity index is 1.29. The minimum absolute atomic E-state index is 0.0315. The first-order valence-corrected chi connectivity index (χ1v) is 17.6. The van der Waals surface area contributed by atoms with Crippen LogP contribution in [0.25, 0.3) is 17.2 Å². The first kappa shape index (κ1) is 35.4. The SMILES string of the molecule is CCOC(=O)c1c(-c2ccccc2)csc1NC(=O)CSc1cccc(NC(=O)/C(=C\c2cccc(Cl)c2Cl)NC(=O)c2ccccc2)c1. The molecular formula is C37H29Cl2N3O5S2. The lowest BCUT2D eigenvalue weighted by molar-refractivity contribution is -0.114. The number of amides is 3. The van der Waals surface area contributed by atoms with Gasteiger partial charge in [-0.1, -0.05) is 89.9 Å². The van der Waals surface area contributed by atoms with Crippen molar-refractivity contribution < 1.29 is 23.9 Å². The summed E-state index contributed by atoms with van der Waals surface area (Å²) in [6.45, 7) is 1.93. The maximum Gasteiger partial charge on any atom is 0.341 e. The zero-order valence-corrected chi connectivity index (χ0v) is 29.1. The van der Waals surface area contributed by atoms with Gasteiger partial charge >= 0.3 is 5.97 Å². The van der Waals surface area contributed by atoms with Crippen molar-refractivity contribution in [3.05, 3.63) is 141 Å². The molecule has 0 bridgehead atoms. The summed E-state index contributed by atoms with van der Waals surface area (Å²) in [5.41, 5.74) is 3.01. The quantitative estimate of drug-likeness (QED) is 0.0671. The van der Waals surface area contributed by atoms with Crippen LogP contribution in [-0.4, -0.2) is 36.1 Å². The van der Waals surface area contributed by atoms with Crippen LogP contribution >= 0.6 is 46.3 Å². The maximum atomic E-state index is 13.5. The molecule has 248 valence electrons. The van der Waals surface area contributed by atoms with Gasteiger partial charge in [-0.2, -0.15) is 0 Å². The smallest absolute Gasteiger partial charge is 0.341 e. The lowest BCUT2D eigenvalue weighted by atomic mass is 10.0. The van der Waals surface area contributed by atoms with Crippen LogP contribution in [0.2, 0.25) is 10.0 Å². The molecule has 1 aromatic heterocycles. The van der Waals surface area contributed by atoms with Crippen molar-refractivity contribution >= 4 is 86.8 Å². The molecule has 0 aliphatic rings. The second-order valence-corrected chi connectivity index (χ2v) is 13.0. The van der Waals surface area contributed by atoms with Gasteiger partial charge in [-0.05, 0) is 60.5 Å². The number of carbonyl (C=O) groups excluding carboxylic acids is 4. The maximum absolute atomic E-state index is 13.5. The van der Waals surface area contributed by atoms with Crippen LogP contribution in [0.15, 0.2) is 119 Å². The summed E-state index contributed by atoms with van der Waals surface area (Å²) < 4.78 is 5.29. The standard InChI is InChI=1S/C37H29Cl2N3O5S2/c1-2-47-37(46)32-28(23-11-5-3-6-12-23)21-49-36(32)42-31(43)22-48-27-17-10-16-26(20-27)40-35(45)30(19-25-15-9-18-29(38)33(25)39)41-34(44)24-13-7-4-8-14-24/h3-21H,2,22H2,1H3,(H,40,45)(H,41,44)(H,42,43)/b30-19+. The average Bonchev–Trinajstić information content (AvgIpc) is 3.53. The summed E-state index contributed by atoms with van der Waals surface area (Å²) in [5, 5.41) is 11.1. The minimum Gasteiger partial charge on any atom is -0.462 e. The molecule has 8 nitrogen and oxygen atoms in total. The molecule has 0 saturated carbocycles. The Morgan fingerprint density at radius 2 is 1.57 bits per heavy atom. The highest BCUT2D eigenvalue weighted by atomic mass is 35.5. The molecule has 0 radical (unpaired) electrons. The van der Waals surface area contributed by atoms with Crippen LogP contribution in [0.4, 0.5) is 10.7 Å². The van der Waals surface area contributed by atoms with Gasteiger partial charge in [-0.25, -0.2) is 4.79 Å². The molecule has 3 amide bonds. The lowest BCUT2D eigenvalue weighted by Crippen LogP contribution is -2.30. The third-order valence-corrected chi connectivity index (χ3v) is 9.60. The van der Waals surface area contributed by atoms with Crippen molar-refractivity contribution in [1.82, 2.24) is 5.32 Å². The Morgan fingerprint density at radius 3 is 2.31 bits per heavy atom. The van der Waals surface area contributed by atoms with E-state index in [1.165, 1.54) is 29.2 Å². The van der Waals surface area contributed by atoms with Crippen molar-refractivity contribution in [2.24, 2.45) is 0 Å².